The second kappa shape index (κ2) is 9.24. The molecule has 0 aliphatic heterocycles. The van der Waals surface area contributed by atoms with Crippen LogP contribution >= 0.6 is 23.2 Å². The zero-order chi connectivity index (χ0) is 26.4. The summed E-state index contributed by atoms with van der Waals surface area (Å²) in [7, 11) is 1.90. The van der Waals surface area contributed by atoms with Crippen LogP contribution in [0.3, 0.4) is 0 Å². The van der Waals surface area contributed by atoms with Crippen LogP contribution in [0.2, 0.25) is 10.0 Å². The second-order valence-corrected chi connectivity index (χ2v) is 9.95. The van der Waals surface area contributed by atoms with Crippen molar-refractivity contribution >= 4 is 45.7 Å². The van der Waals surface area contributed by atoms with Crippen LogP contribution in [0.25, 0.3) is 27.7 Å². The fraction of sp³-hybridized carbons (Fsp3) is 0.107. The van der Waals surface area contributed by atoms with Crippen LogP contribution in [-0.2, 0) is 17.4 Å². The zero-order valence-electron chi connectivity index (χ0n) is 20.4. The maximum Gasteiger partial charge on any atom is 0.218 e. The number of imidazole rings is 1. The molecule has 0 aliphatic rings. The molecule has 1 unspecified atom stereocenters. The minimum absolute atomic E-state index is 0.202. The van der Waals surface area contributed by atoms with Gasteiger partial charge in [0.15, 0.2) is 5.65 Å². The van der Waals surface area contributed by atoms with Gasteiger partial charge in [0, 0.05) is 29.4 Å². The number of fused-ring (bicyclic) bond motifs is 3. The van der Waals surface area contributed by atoms with Gasteiger partial charge >= 0.3 is 0 Å². The fourth-order valence-electron chi connectivity index (χ4n) is 5.08. The number of nitrogens with one attached hydrogen (secondary N) is 1. The molecule has 1 atom stereocenters. The normalized spacial score (nSPS) is 13.1. The lowest BCUT2D eigenvalue weighted by molar-refractivity contribution is -0.120. The van der Waals surface area contributed by atoms with Gasteiger partial charge in [0.2, 0.25) is 5.91 Å². The standard InChI is InChI=1S/C28H21Cl2N7O/c1-17(38)32-28(26-15-31-16-36(26)2,19-6-9-21(29)10-7-19)20-8-11-25-24(13-20)23(14-27-33-34-35-37(25)27)18-4-3-5-22(30)12-18/h3-16H,1-2H3,(H,32,38). The van der Waals surface area contributed by atoms with Crippen LogP contribution < -0.4 is 5.32 Å². The Labute approximate surface area is 227 Å². The Morgan fingerprint density at radius 2 is 1.74 bits per heavy atom. The van der Waals surface area contributed by atoms with E-state index in [2.05, 4.69) is 31.9 Å². The van der Waals surface area contributed by atoms with Crippen molar-refractivity contribution in [2.45, 2.75) is 12.5 Å². The lowest BCUT2D eigenvalue weighted by Crippen LogP contribution is -2.48. The molecule has 3 heterocycles. The number of halogens is 2. The Morgan fingerprint density at radius 1 is 0.947 bits per heavy atom. The number of hydrogen-bond donors (Lipinski definition) is 1. The zero-order valence-corrected chi connectivity index (χ0v) is 21.9. The monoisotopic (exact) mass is 541 g/mol. The molecule has 8 nitrogen and oxygen atoms in total. The number of nitrogens with zero attached hydrogens (tertiary/aromatic N) is 6. The van der Waals surface area contributed by atoms with E-state index in [4.69, 9.17) is 23.2 Å². The topological polar surface area (TPSA) is 90.0 Å². The molecular weight excluding hydrogens is 521 g/mol. The number of aryl methyl sites for hydroxylation is 1. The first-order valence-corrected chi connectivity index (χ1v) is 12.6. The van der Waals surface area contributed by atoms with Gasteiger partial charge in [0.1, 0.15) is 5.54 Å². The summed E-state index contributed by atoms with van der Waals surface area (Å²) in [4.78, 5) is 17.2. The van der Waals surface area contributed by atoms with Crippen molar-refractivity contribution < 1.29 is 4.79 Å². The number of benzene rings is 3. The first-order chi connectivity index (χ1) is 18.4. The van der Waals surface area contributed by atoms with E-state index in [1.807, 2.05) is 78.3 Å². The van der Waals surface area contributed by atoms with E-state index in [0.29, 0.717) is 15.7 Å². The molecule has 1 amide bonds. The predicted octanol–water partition coefficient (Wildman–Crippen LogP) is 5.41. The van der Waals surface area contributed by atoms with Crippen molar-refractivity contribution in [2.24, 2.45) is 7.05 Å². The quantitative estimate of drug-likeness (QED) is 0.315. The number of aromatic nitrogens is 6. The van der Waals surface area contributed by atoms with Crippen LogP contribution in [0, 0.1) is 0 Å². The van der Waals surface area contributed by atoms with Gasteiger partial charge in [-0.3, -0.25) is 4.79 Å². The van der Waals surface area contributed by atoms with E-state index in [-0.39, 0.29) is 5.91 Å². The molecule has 6 aromatic rings. The van der Waals surface area contributed by atoms with Gasteiger partial charge < -0.3 is 9.88 Å². The Hall–Kier alpha value is -4.27. The highest BCUT2D eigenvalue weighted by molar-refractivity contribution is 6.31. The Balaban J connectivity index is 1.72. The molecule has 0 aliphatic carbocycles. The van der Waals surface area contributed by atoms with Gasteiger partial charge in [0.25, 0.3) is 0 Å². The molecule has 0 saturated heterocycles. The third-order valence-electron chi connectivity index (χ3n) is 6.69. The highest BCUT2D eigenvalue weighted by atomic mass is 35.5. The van der Waals surface area contributed by atoms with E-state index < -0.39 is 5.54 Å². The first-order valence-electron chi connectivity index (χ1n) is 11.8. The van der Waals surface area contributed by atoms with Crippen molar-refractivity contribution in [3.8, 4) is 11.1 Å². The molecule has 0 spiro atoms. The van der Waals surface area contributed by atoms with E-state index in [9.17, 15) is 4.79 Å². The number of pyridine rings is 1. The molecule has 3 aromatic heterocycles. The van der Waals surface area contributed by atoms with Crippen molar-refractivity contribution in [2.75, 3.05) is 0 Å². The summed E-state index contributed by atoms with van der Waals surface area (Å²) >= 11 is 12.6. The first kappa shape index (κ1) is 24.1. The number of amides is 1. The lowest BCUT2D eigenvalue weighted by Gasteiger charge is -2.36. The van der Waals surface area contributed by atoms with Gasteiger partial charge in [-0.25, -0.2) is 4.98 Å². The average molecular weight is 542 g/mol. The second-order valence-electron chi connectivity index (χ2n) is 9.08. The molecule has 0 fully saturated rings. The molecular formula is C28H21Cl2N7O. The fourth-order valence-corrected chi connectivity index (χ4v) is 5.40. The maximum atomic E-state index is 12.8. The van der Waals surface area contributed by atoms with Crippen LogP contribution in [0.15, 0.2) is 85.3 Å². The third-order valence-corrected chi connectivity index (χ3v) is 7.18. The summed E-state index contributed by atoms with van der Waals surface area (Å²) in [5.74, 6) is -0.202. The van der Waals surface area contributed by atoms with E-state index in [1.165, 1.54) is 6.92 Å². The van der Waals surface area contributed by atoms with E-state index in [1.54, 1.807) is 17.0 Å². The number of carbonyl (C=O) groups is 1. The number of tetrazole rings is 1. The van der Waals surface area contributed by atoms with Gasteiger partial charge in [0.05, 0.1) is 23.7 Å². The van der Waals surface area contributed by atoms with Gasteiger partial charge in [-0.2, -0.15) is 4.52 Å². The minimum Gasteiger partial charge on any atom is -0.337 e. The Kier molecular flexibility index (Phi) is 5.86. The predicted molar refractivity (Wildman–Crippen MR) is 147 cm³/mol. The van der Waals surface area contributed by atoms with E-state index in [0.717, 1.165) is 38.9 Å². The van der Waals surface area contributed by atoms with Crippen molar-refractivity contribution in [3.63, 3.8) is 0 Å². The number of rotatable bonds is 5. The van der Waals surface area contributed by atoms with Gasteiger partial charge in [-0.1, -0.05) is 53.5 Å². The summed E-state index contributed by atoms with van der Waals surface area (Å²) in [6.45, 7) is 1.50. The van der Waals surface area contributed by atoms with Crippen molar-refractivity contribution in [1.29, 1.82) is 0 Å². The summed E-state index contributed by atoms with van der Waals surface area (Å²) in [5.41, 5.74) is 4.60. The van der Waals surface area contributed by atoms with Gasteiger partial charge in [-0.15, -0.1) is 5.10 Å². The smallest absolute Gasteiger partial charge is 0.218 e. The molecule has 10 heteroatoms. The highest BCUT2D eigenvalue weighted by Gasteiger charge is 2.40. The van der Waals surface area contributed by atoms with E-state index >= 15 is 0 Å². The molecule has 0 radical (unpaired) electrons. The molecule has 188 valence electrons. The third kappa shape index (κ3) is 3.89. The molecule has 1 N–H and O–H groups in total. The summed E-state index contributed by atoms with van der Waals surface area (Å²) in [6.07, 6.45) is 3.47. The van der Waals surface area contributed by atoms with Crippen molar-refractivity contribution in [3.05, 3.63) is 112 Å². The van der Waals surface area contributed by atoms with Crippen LogP contribution in [0.5, 0.6) is 0 Å². The molecule has 0 bridgehead atoms. The maximum absolute atomic E-state index is 12.8. The average Bonchev–Trinajstić information content (AvgIpc) is 3.56. The molecule has 0 saturated carbocycles. The Bertz CT molecular complexity index is 1830. The number of hydrogen-bond acceptors (Lipinski definition) is 5. The minimum atomic E-state index is -1.07. The van der Waals surface area contributed by atoms with Crippen molar-refractivity contribution in [1.82, 2.24) is 34.9 Å². The van der Waals surface area contributed by atoms with Crippen LogP contribution in [-0.4, -0.2) is 35.5 Å². The van der Waals surface area contributed by atoms with Crippen LogP contribution in [0.4, 0.5) is 0 Å². The molecule has 6 rings (SSSR count). The van der Waals surface area contributed by atoms with Gasteiger partial charge in [-0.05, 0) is 75.1 Å². The molecule has 3 aromatic carbocycles. The largest absolute Gasteiger partial charge is 0.337 e. The summed E-state index contributed by atoms with van der Waals surface area (Å²) in [6, 6.07) is 23.0. The lowest BCUT2D eigenvalue weighted by atomic mass is 9.79. The number of carbonyl (C=O) groups excluding carboxylic acids is 1. The summed E-state index contributed by atoms with van der Waals surface area (Å²) < 4.78 is 3.59. The summed E-state index contributed by atoms with van der Waals surface area (Å²) in [5, 5.41) is 17.6. The molecule has 38 heavy (non-hydrogen) atoms. The SMILES string of the molecule is CC(=O)NC(c1ccc(Cl)cc1)(c1ccc2c(c1)c(-c1cccc(Cl)c1)cc1nnnn12)c1cncn1C. The van der Waals surface area contributed by atoms with Crippen LogP contribution in [0.1, 0.15) is 23.7 Å². The Morgan fingerprint density at radius 3 is 2.45 bits per heavy atom. The highest BCUT2D eigenvalue weighted by Crippen LogP contribution is 2.40.